The smallest absolute Gasteiger partial charge is 0.337 e. The molecule has 1 atom stereocenters. The van der Waals surface area contributed by atoms with Gasteiger partial charge in [-0.15, -0.1) is 0 Å². The van der Waals surface area contributed by atoms with Crippen molar-refractivity contribution in [1.29, 1.82) is 0 Å². The minimum atomic E-state index is -1.41. The quantitative estimate of drug-likeness (QED) is 0.677. The highest BCUT2D eigenvalue weighted by Gasteiger charge is 2.14. The van der Waals surface area contributed by atoms with Gasteiger partial charge in [0.15, 0.2) is 6.10 Å². The van der Waals surface area contributed by atoms with E-state index in [2.05, 4.69) is 54.7 Å². The van der Waals surface area contributed by atoms with Crippen molar-refractivity contribution in [2.75, 3.05) is 11.9 Å². The predicted octanol–water partition coefficient (Wildman–Crippen LogP) is 4.08. The molecule has 3 N–H and O–H groups in total. The van der Waals surface area contributed by atoms with Gasteiger partial charge in [0.2, 0.25) is 0 Å². The summed E-state index contributed by atoms with van der Waals surface area (Å²) < 4.78 is 0. The first-order chi connectivity index (χ1) is 11.6. The minimum Gasteiger partial charge on any atom is -0.479 e. The second kappa shape index (κ2) is 8.70. The van der Waals surface area contributed by atoms with Gasteiger partial charge >= 0.3 is 5.97 Å². The van der Waals surface area contributed by atoms with E-state index in [1.165, 1.54) is 16.5 Å². The van der Waals surface area contributed by atoms with Gasteiger partial charge in [0.1, 0.15) is 0 Å². The summed E-state index contributed by atoms with van der Waals surface area (Å²) in [6, 6.07) is 23.0. The van der Waals surface area contributed by atoms with Crippen LogP contribution in [0.2, 0.25) is 0 Å². The van der Waals surface area contributed by atoms with Gasteiger partial charge in [-0.3, -0.25) is 0 Å². The topological polar surface area (TPSA) is 69.6 Å². The molecule has 0 bridgehead atoms. The lowest BCUT2D eigenvalue weighted by atomic mass is 10.1. The summed E-state index contributed by atoms with van der Waals surface area (Å²) >= 11 is 0. The van der Waals surface area contributed by atoms with Crippen molar-refractivity contribution in [3.8, 4) is 0 Å². The molecule has 0 radical (unpaired) electrons. The molecule has 3 aromatic rings. The van der Waals surface area contributed by atoms with E-state index in [4.69, 9.17) is 10.2 Å². The van der Waals surface area contributed by atoms with E-state index in [1.54, 1.807) is 30.3 Å². The number of hydrogen-bond donors (Lipinski definition) is 3. The molecule has 0 aliphatic carbocycles. The fourth-order valence-electron chi connectivity index (χ4n) is 2.35. The Bertz CT molecular complexity index is 782. The summed E-state index contributed by atoms with van der Waals surface area (Å²) in [5.74, 6) is -1.23. The molecule has 0 unspecified atom stereocenters. The Morgan fingerprint density at radius 3 is 2.25 bits per heavy atom. The minimum absolute atomic E-state index is 0.403. The lowest BCUT2D eigenvalue weighted by molar-refractivity contribution is -0.146. The zero-order valence-corrected chi connectivity index (χ0v) is 13.5. The molecule has 0 saturated heterocycles. The first-order valence-corrected chi connectivity index (χ1v) is 7.81. The average molecular weight is 323 g/mol. The van der Waals surface area contributed by atoms with E-state index in [1.807, 2.05) is 0 Å². The molecule has 0 aromatic heterocycles. The number of carboxylic acid groups (broad SMARTS) is 1. The van der Waals surface area contributed by atoms with Crippen molar-refractivity contribution in [2.24, 2.45) is 0 Å². The second-order valence-corrected chi connectivity index (χ2v) is 5.21. The van der Waals surface area contributed by atoms with Gasteiger partial charge in [-0.05, 0) is 23.9 Å². The van der Waals surface area contributed by atoms with Crippen molar-refractivity contribution in [1.82, 2.24) is 0 Å². The zero-order valence-electron chi connectivity index (χ0n) is 13.5. The summed E-state index contributed by atoms with van der Waals surface area (Å²) in [6.45, 7) is 3.08. The van der Waals surface area contributed by atoms with Crippen LogP contribution in [0.5, 0.6) is 0 Å². The van der Waals surface area contributed by atoms with E-state index in [0.717, 1.165) is 6.54 Å². The largest absolute Gasteiger partial charge is 0.479 e. The van der Waals surface area contributed by atoms with Crippen LogP contribution in [-0.4, -0.2) is 22.7 Å². The number of benzene rings is 3. The Kier molecular flexibility index (Phi) is 6.34. The Labute approximate surface area is 141 Å². The van der Waals surface area contributed by atoms with Crippen molar-refractivity contribution in [3.05, 3.63) is 78.4 Å². The van der Waals surface area contributed by atoms with Gasteiger partial charge < -0.3 is 15.5 Å². The third kappa shape index (κ3) is 4.57. The number of carbonyl (C=O) groups is 1. The first kappa shape index (κ1) is 17.5. The predicted molar refractivity (Wildman–Crippen MR) is 97.1 cm³/mol. The molecule has 24 heavy (non-hydrogen) atoms. The molecule has 3 aromatic carbocycles. The van der Waals surface area contributed by atoms with Gasteiger partial charge in [-0.2, -0.15) is 0 Å². The molecule has 0 heterocycles. The van der Waals surface area contributed by atoms with E-state index >= 15 is 0 Å². The lowest BCUT2D eigenvalue weighted by Gasteiger charge is -2.06. The van der Waals surface area contributed by atoms with E-state index in [-0.39, 0.29) is 0 Å². The SMILES string of the molecule is CCNc1cccc2ccccc12.O=C(O)[C@H](O)c1ccccc1. The number of fused-ring (bicyclic) bond motifs is 1. The Balaban J connectivity index is 0.000000177. The van der Waals surface area contributed by atoms with Gasteiger partial charge in [-0.25, -0.2) is 4.79 Å². The van der Waals surface area contributed by atoms with E-state index in [0.29, 0.717) is 5.56 Å². The number of nitrogens with one attached hydrogen (secondary N) is 1. The molecule has 4 heteroatoms. The first-order valence-electron chi connectivity index (χ1n) is 7.81. The van der Waals surface area contributed by atoms with Crippen LogP contribution in [0, 0.1) is 0 Å². The third-order valence-electron chi connectivity index (χ3n) is 3.51. The number of carboxylic acids is 1. The number of rotatable bonds is 4. The van der Waals surface area contributed by atoms with Crippen molar-refractivity contribution < 1.29 is 15.0 Å². The van der Waals surface area contributed by atoms with Crippen LogP contribution < -0.4 is 5.32 Å². The van der Waals surface area contributed by atoms with Crippen LogP contribution in [0.3, 0.4) is 0 Å². The van der Waals surface area contributed by atoms with Crippen molar-refractivity contribution in [2.45, 2.75) is 13.0 Å². The van der Waals surface area contributed by atoms with Crippen LogP contribution >= 0.6 is 0 Å². The maximum absolute atomic E-state index is 10.2. The molecule has 0 aliphatic heterocycles. The average Bonchev–Trinajstić information content (AvgIpc) is 2.63. The number of aliphatic hydroxyl groups is 1. The van der Waals surface area contributed by atoms with E-state index in [9.17, 15) is 4.79 Å². The van der Waals surface area contributed by atoms with Crippen LogP contribution in [0.1, 0.15) is 18.6 Å². The van der Waals surface area contributed by atoms with Crippen LogP contribution in [0.4, 0.5) is 5.69 Å². The summed E-state index contributed by atoms with van der Waals surface area (Å²) in [4.78, 5) is 10.2. The van der Waals surface area contributed by atoms with Crippen LogP contribution in [0.25, 0.3) is 10.8 Å². The van der Waals surface area contributed by atoms with Crippen LogP contribution in [-0.2, 0) is 4.79 Å². The molecule has 124 valence electrons. The molecule has 3 rings (SSSR count). The number of aliphatic hydroxyl groups excluding tert-OH is 1. The second-order valence-electron chi connectivity index (χ2n) is 5.21. The fourth-order valence-corrected chi connectivity index (χ4v) is 2.35. The molecule has 0 amide bonds. The maximum Gasteiger partial charge on any atom is 0.337 e. The van der Waals surface area contributed by atoms with E-state index < -0.39 is 12.1 Å². The zero-order chi connectivity index (χ0) is 17.4. The summed E-state index contributed by atoms with van der Waals surface area (Å²) in [5, 5.41) is 23.3. The maximum atomic E-state index is 10.2. The third-order valence-corrected chi connectivity index (χ3v) is 3.51. The van der Waals surface area contributed by atoms with Crippen LogP contribution in [0.15, 0.2) is 72.8 Å². The molecule has 0 aliphatic rings. The molecule has 4 nitrogen and oxygen atoms in total. The molecule has 0 spiro atoms. The van der Waals surface area contributed by atoms with Gasteiger partial charge in [0, 0.05) is 17.6 Å². The van der Waals surface area contributed by atoms with Gasteiger partial charge in [-0.1, -0.05) is 66.7 Å². The standard InChI is InChI=1S/C12H13N.C8H8O3/c1-2-13-12-9-5-7-10-6-3-4-8-11(10)12;9-7(8(10)11)6-4-2-1-3-5-6/h3-9,13H,2H2,1H3;1-5,7,9H,(H,10,11)/t;7-/m.1/s1. The highest BCUT2D eigenvalue weighted by Crippen LogP contribution is 2.22. The van der Waals surface area contributed by atoms with Gasteiger partial charge in [0.05, 0.1) is 0 Å². The molecular weight excluding hydrogens is 302 g/mol. The summed E-state index contributed by atoms with van der Waals surface area (Å²) in [6.07, 6.45) is -1.41. The summed E-state index contributed by atoms with van der Waals surface area (Å²) in [5.41, 5.74) is 1.63. The monoisotopic (exact) mass is 323 g/mol. The highest BCUT2D eigenvalue weighted by molar-refractivity contribution is 5.93. The lowest BCUT2D eigenvalue weighted by Crippen LogP contribution is -2.09. The van der Waals surface area contributed by atoms with Crippen molar-refractivity contribution in [3.63, 3.8) is 0 Å². The van der Waals surface area contributed by atoms with Crippen molar-refractivity contribution >= 4 is 22.4 Å². The fraction of sp³-hybridized carbons (Fsp3) is 0.150. The normalized spacial score (nSPS) is 11.2. The Morgan fingerprint density at radius 2 is 1.58 bits per heavy atom. The van der Waals surface area contributed by atoms with Gasteiger partial charge in [0.25, 0.3) is 0 Å². The molecular formula is C20H21NO3. The Hall–Kier alpha value is -2.85. The number of aliphatic carboxylic acids is 1. The summed E-state index contributed by atoms with van der Waals surface area (Å²) in [7, 11) is 0. The Morgan fingerprint density at radius 1 is 0.958 bits per heavy atom. The number of hydrogen-bond acceptors (Lipinski definition) is 3. The molecule has 0 saturated carbocycles. The highest BCUT2D eigenvalue weighted by atomic mass is 16.4. The molecule has 0 fully saturated rings. The number of anilines is 1.